The first-order chi connectivity index (χ1) is 8.31. The molecule has 0 aliphatic heterocycles. The zero-order valence-electron chi connectivity index (χ0n) is 9.64. The molecule has 2 aromatic rings. The first kappa shape index (κ1) is 11.3. The molecule has 0 radical (unpaired) electrons. The molecule has 17 heavy (non-hydrogen) atoms. The van der Waals surface area contributed by atoms with Gasteiger partial charge in [0, 0.05) is 5.69 Å². The van der Waals surface area contributed by atoms with Gasteiger partial charge >= 0.3 is 0 Å². The molecule has 1 aromatic carbocycles. The van der Waals surface area contributed by atoms with Crippen LogP contribution in [0.2, 0.25) is 0 Å². The summed E-state index contributed by atoms with van der Waals surface area (Å²) in [6, 6.07) is 8.18. The van der Waals surface area contributed by atoms with Crippen LogP contribution in [0.3, 0.4) is 0 Å². The molecule has 88 valence electrons. The minimum Gasteiger partial charge on any atom is -0.339 e. The van der Waals surface area contributed by atoms with Gasteiger partial charge in [0.25, 0.3) is 0 Å². The highest BCUT2D eigenvalue weighted by Crippen LogP contribution is 2.16. The summed E-state index contributed by atoms with van der Waals surface area (Å²) in [4.78, 5) is 8.26. The molecule has 5 nitrogen and oxygen atoms in total. The van der Waals surface area contributed by atoms with E-state index in [4.69, 9.17) is 5.84 Å². The standard InChI is InChI=1S/C12H15N5/c1-2-9-4-3-5-10(6-9)15-11-7-14-8-12(16-11)17-13/h3-8H,2,13H2,1H3,(H2,15,16,17). The van der Waals surface area contributed by atoms with Gasteiger partial charge in [-0.05, 0) is 24.1 Å². The molecule has 0 amide bonds. The van der Waals surface area contributed by atoms with Crippen molar-refractivity contribution in [3.63, 3.8) is 0 Å². The van der Waals surface area contributed by atoms with E-state index >= 15 is 0 Å². The molecule has 0 saturated heterocycles. The average Bonchev–Trinajstić information content (AvgIpc) is 2.39. The molecule has 0 bridgehead atoms. The Morgan fingerprint density at radius 3 is 2.82 bits per heavy atom. The van der Waals surface area contributed by atoms with Crippen LogP contribution < -0.4 is 16.6 Å². The number of hydrogen-bond donors (Lipinski definition) is 3. The van der Waals surface area contributed by atoms with E-state index in [1.54, 1.807) is 12.4 Å². The van der Waals surface area contributed by atoms with E-state index in [-0.39, 0.29) is 0 Å². The van der Waals surface area contributed by atoms with Crippen LogP contribution in [0.1, 0.15) is 12.5 Å². The van der Waals surface area contributed by atoms with E-state index in [9.17, 15) is 0 Å². The summed E-state index contributed by atoms with van der Waals surface area (Å²) in [6.45, 7) is 2.12. The highest BCUT2D eigenvalue weighted by Gasteiger charge is 1.99. The third kappa shape index (κ3) is 2.92. The second-order valence-electron chi connectivity index (χ2n) is 3.61. The normalized spacial score (nSPS) is 10.0. The molecule has 4 N–H and O–H groups in total. The minimum absolute atomic E-state index is 0.529. The molecular formula is C12H15N5. The number of nitrogen functional groups attached to an aromatic ring is 1. The lowest BCUT2D eigenvalue weighted by atomic mass is 10.1. The lowest BCUT2D eigenvalue weighted by Gasteiger charge is -2.07. The maximum Gasteiger partial charge on any atom is 0.160 e. The van der Waals surface area contributed by atoms with Gasteiger partial charge in [-0.1, -0.05) is 19.1 Å². The number of benzene rings is 1. The van der Waals surface area contributed by atoms with Gasteiger partial charge < -0.3 is 10.7 Å². The van der Waals surface area contributed by atoms with Crippen LogP contribution in [0.4, 0.5) is 17.3 Å². The average molecular weight is 229 g/mol. The van der Waals surface area contributed by atoms with Crippen LogP contribution in [0.15, 0.2) is 36.7 Å². The summed E-state index contributed by atoms with van der Waals surface area (Å²) in [5, 5.41) is 3.18. The number of aromatic nitrogens is 2. The molecule has 0 unspecified atom stereocenters. The summed E-state index contributed by atoms with van der Waals surface area (Å²) >= 11 is 0. The van der Waals surface area contributed by atoms with Crippen molar-refractivity contribution in [3.8, 4) is 0 Å². The number of nitrogens with one attached hydrogen (secondary N) is 2. The number of anilines is 3. The predicted molar refractivity (Wildman–Crippen MR) is 68.9 cm³/mol. The number of aryl methyl sites for hydroxylation is 1. The van der Waals surface area contributed by atoms with Crippen molar-refractivity contribution in [2.75, 3.05) is 10.7 Å². The Kier molecular flexibility index (Phi) is 3.52. The second kappa shape index (κ2) is 5.27. The number of nitrogens with zero attached hydrogens (tertiary/aromatic N) is 2. The zero-order chi connectivity index (χ0) is 12.1. The first-order valence-electron chi connectivity index (χ1n) is 5.46. The van der Waals surface area contributed by atoms with Gasteiger partial charge in [0.1, 0.15) is 0 Å². The molecule has 0 fully saturated rings. The van der Waals surface area contributed by atoms with Gasteiger partial charge in [-0.15, -0.1) is 0 Å². The van der Waals surface area contributed by atoms with E-state index in [0.717, 1.165) is 12.1 Å². The van der Waals surface area contributed by atoms with E-state index in [1.807, 2.05) is 12.1 Å². The molecule has 0 aliphatic rings. The third-order valence-corrected chi connectivity index (χ3v) is 2.39. The maximum atomic E-state index is 5.28. The molecule has 0 spiro atoms. The third-order valence-electron chi connectivity index (χ3n) is 2.39. The van der Waals surface area contributed by atoms with Crippen molar-refractivity contribution in [1.82, 2.24) is 9.97 Å². The van der Waals surface area contributed by atoms with Crippen molar-refractivity contribution in [2.24, 2.45) is 5.84 Å². The fourth-order valence-electron chi connectivity index (χ4n) is 1.51. The highest BCUT2D eigenvalue weighted by atomic mass is 15.3. The summed E-state index contributed by atoms with van der Waals surface area (Å²) < 4.78 is 0. The summed E-state index contributed by atoms with van der Waals surface area (Å²) in [7, 11) is 0. The second-order valence-corrected chi connectivity index (χ2v) is 3.61. The summed E-state index contributed by atoms with van der Waals surface area (Å²) in [5.41, 5.74) is 4.73. The van der Waals surface area contributed by atoms with Crippen molar-refractivity contribution < 1.29 is 0 Å². The van der Waals surface area contributed by atoms with E-state index in [2.05, 4.69) is 39.8 Å². The highest BCUT2D eigenvalue weighted by molar-refractivity contribution is 5.57. The fourth-order valence-corrected chi connectivity index (χ4v) is 1.51. The van der Waals surface area contributed by atoms with Crippen LogP contribution in [0.5, 0.6) is 0 Å². The number of nitrogens with two attached hydrogens (primary N) is 1. The summed E-state index contributed by atoms with van der Waals surface area (Å²) in [6.07, 6.45) is 4.22. The van der Waals surface area contributed by atoms with Crippen molar-refractivity contribution in [1.29, 1.82) is 0 Å². The molecular weight excluding hydrogens is 214 g/mol. The quantitative estimate of drug-likeness (QED) is 0.552. The lowest BCUT2D eigenvalue weighted by molar-refractivity contribution is 1.13. The topological polar surface area (TPSA) is 75.9 Å². The fraction of sp³-hybridized carbons (Fsp3) is 0.167. The van der Waals surface area contributed by atoms with E-state index in [0.29, 0.717) is 11.6 Å². The molecule has 0 aliphatic carbocycles. The van der Waals surface area contributed by atoms with Gasteiger partial charge in [0.2, 0.25) is 0 Å². The van der Waals surface area contributed by atoms with Crippen LogP contribution in [-0.2, 0) is 6.42 Å². The summed E-state index contributed by atoms with van der Waals surface area (Å²) in [5.74, 6) is 6.47. The molecule has 1 aromatic heterocycles. The molecule has 2 rings (SSSR count). The number of hydrogen-bond acceptors (Lipinski definition) is 5. The Morgan fingerprint density at radius 1 is 1.24 bits per heavy atom. The van der Waals surface area contributed by atoms with Crippen LogP contribution in [-0.4, -0.2) is 9.97 Å². The predicted octanol–water partition coefficient (Wildman–Crippen LogP) is 2.07. The minimum atomic E-state index is 0.529. The Labute approximate surface area is 100 Å². The van der Waals surface area contributed by atoms with Crippen molar-refractivity contribution in [2.45, 2.75) is 13.3 Å². The van der Waals surface area contributed by atoms with Crippen molar-refractivity contribution in [3.05, 3.63) is 42.2 Å². The van der Waals surface area contributed by atoms with Crippen molar-refractivity contribution >= 4 is 17.3 Å². The largest absolute Gasteiger partial charge is 0.339 e. The molecule has 0 atom stereocenters. The Bertz CT molecular complexity index is 452. The van der Waals surface area contributed by atoms with Gasteiger partial charge in [0.05, 0.1) is 12.4 Å². The maximum absolute atomic E-state index is 5.28. The SMILES string of the molecule is CCc1cccc(Nc2cncc(NN)n2)c1. The van der Waals surface area contributed by atoms with Crippen LogP contribution in [0.25, 0.3) is 0 Å². The lowest BCUT2D eigenvalue weighted by Crippen LogP contribution is -2.09. The van der Waals surface area contributed by atoms with Gasteiger partial charge in [-0.2, -0.15) is 0 Å². The number of rotatable bonds is 4. The Hall–Kier alpha value is -2.14. The monoisotopic (exact) mass is 229 g/mol. The van der Waals surface area contributed by atoms with Crippen LogP contribution in [0, 0.1) is 0 Å². The van der Waals surface area contributed by atoms with E-state index in [1.165, 1.54) is 5.56 Å². The van der Waals surface area contributed by atoms with E-state index < -0.39 is 0 Å². The van der Waals surface area contributed by atoms with Crippen LogP contribution >= 0.6 is 0 Å². The van der Waals surface area contributed by atoms with Gasteiger partial charge in [0.15, 0.2) is 11.6 Å². The Morgan fingerprint density at radius 2 is 2.06 bits per heavy atom. The molecule has 1 heterocycles. The Balaban J connectivity index is 2.18. The zero-order valence-corrected chi connectivity index (χ0v) is 9.64. The van der Waals surface area contributed by atoms with Gasteiger partial charge in [-0.25, -0.2) is 10.8 Å². The number of hydrazine groups is 1. The molecule has 5 heteroatoms. The van der Waals surface area contributed by atoms with Gasteiger partial charge in [-0.3, -0.25) is 4.98 Å². The molecule has 0 saturated carbocycles. The smallest absolute Gasteiger partial charge is 0.160 e. The first-order valence-corrected chi connectivity index (χ1v) is 5.46.